The van der Waals surface area contributed by atoms with Crippen LogP contribution in [0.3, 0.4) is 0 Å². The maximum Gasteiger partial charge on any atom is 0.0991 e. The molecule has 16 heavy (non-hydrogen) atoms. The molecule has 77 valence electrons. The lowest BCUT2D eigenvalue weighted by molar-refractivity contribution is 1.14. The van der Waals surface area contributed by atoms with Crippen molar-refractivity contribution in [2.75, 3.05) is 0 Å². The maximum absolute atomic E-state index is 8.83. The van der Waals surface area contributed by atoms with Crippen LogP contribution in [-0.4, -0.2) is 0 Å². The minimum Gasteiger partial charge on any atom is -0.192 e. The third-order valence-corrected chi connectivity index (χ3v) is 2.59. The molecule has 0 aliphatic heterocycles. The van der Waals surface area contributed by atoms with Gasteiger partial charge < -0.3 is 0 Å². The summed E-state index contributed by atoms with van der Waals surface area (Å²) in [5.74, 6) is 0. The van der Waals surface area contributed by atoms with Gasteiger partial charge >= 0.3 is 0 Å². The van der Waals surface area contributed by atoms with Gasteiger partial charge in [-0.15, -0.1) is 0 Å². The van der Waals surface area contributed by atoms with Gasteiger partial charge in [-0.2, -0.15) is 5.26 Å². The molecule has 0 aromatic heterocycles. The first-order valence-corrected chi connectivity index (χ1v) is 5.34. The normalized spacial score (nSPS) is 9.75. The number of nitriles is 1. The van der Waals surface area contributed by atoms with E-state index >= 15 is 0 Å². The van der Waals surface area contributed by atoms with E-state index in [1.807, 2.05) is 30.3 Å². The molecule has 0 amide bonds. The van der Waals surface area contributed by atoms with Gasteiger partial charge in [-0.3, -0.25) is 0 Å². The minimum absolute atomic E-state index is 0.686. The van der Waals surface area contributed by atoms with Crippen molar-refractivity contribution in [1.29, 1.82) is 5.26 Å². The third-order valence-electron chi connectivity index (χ3n) is 2.59. The van der Waals surface area contributed by atoms with Crippen molar-refractivity contribution in [3.8, 4) is 17.2 Å². The van der Waals surface area contributed by atoms with E-state index in [1.54, 1.807) is 0 Å². The Bertz CT molecular complexity index is 518. The molecule has 0 heterocycles. The first-order valence-electron chi connectivity index (χ1n) is 5.34. The topological polar surface area (TPSA) is 23.8 Å². The Balaban J connectivity index is 2.39. The number of aryl methyl sites for hydroxylation is 1. The van der Waals surface area contributed by atoms with Gasteiger partial charge in [0.05, 0.1) is 11.6 Å². The summed E-state index contributed by atoms with van der Waals surface area (Å²) in [6.07, 6.45) is 1.02. The van der Waals surface area contributed by atoms with Crippen LogP contribution in [0.1, 0.15) is 18.1 Å². The van der Waals surface area contributed by atoms with Gasteiger partial charge in [0, 0.05) is 0 Å². The van der Waals surface area contributed by atoms with E-state index in [4.69, 9.17) is 5.26 Å². The first-order chi connectivity index (χ1) is 7.83. The van der Waals surface area contributed by atoms with Crippen LogP contribution in [0.5, 0.6) is 0 Å². The van der Waals surface area contributed by atoms with E-state index in [2.05, 4.69) is 31.2 Å². The van der Waals surface area contributed by atoms with Gasteiger partial charge in [0.25, 0.3) is 0 Å². The molecule has 0 saturated carbocycles. The van der Waals surface area contributed by atoms with Crippen LogP contribution in [-0.2, 0) is 6.42 Å². The van der Waals surface area contributed by atoms with Crippen molar-refractivity contribution in [1.82, 2.24) is 0 Å². The smallest absolute Gasteiger partial charge is 0.0991 e. The van der Waals surface area contributed by atoms with E-state index in [1.165, 1.54) is 5.56 Å². The molecule has 0 fully saturated rings. The SMILES string of the molecule is CCc1c[c]c(-c2cccc(C#N)c2)cc1. The summed E-state index contributed by atoms with van der Waals surface area (Å²) in [4.78, 5) is 0. The Labute approximate surface area is 96.0 Å². The summed E-state index contributed by atoms with van der Waals surface area (Å²) in [7, 11) is 0. The zero-order valence-electron chi connectivity index (χ0n) is 9.20. The molecule has 0 N–H and O–H groups in total. The van der Waals surface area contributed by atoms with Crippen LogP contribution >= 0.6 is 0 Å². The Kier molecular flexibility index (Phi) is 3.03. The molecule has 0 spiro atoms. The predicted molar refractivity (Wildman–Crippen MR) is 64.8 cm³/mol. The number of rotatable bonds is 2. The van der Waals surface area contributed by atoms with Crippen molar-refractivity contribution < 1.29 is 0 Å². The zero-order chi connectivity index (χ0) is 11.4. The molecule has 1 radical (unpaired) electrons. The largest absolute Gasteiger partial charge is 0.192 e. The number of nitrogens with zero attached hydrogens (tertiary/aromatic N) is 1. The molecule has 2 aromatic carbocycles. The zero-order valence-corrected chi connectivity index (χ0v) is 9.20. The second-order valence-electron chi connectivity index (χ2n) is 3.66. The van der Waals surface area contributed by atoms with Crippen molar-refractivity contribution in [3.05, 3.63) is 59.7 Å². The molecule has 0 saturated heterocycles. The second-order valence-corrected chi connectivity index (χ2v) is 3.66. The van der Waals surface area contributed by atoms with Crippen molar-refractivity contribution >= 4 is 0 Å². The average Bonchev–Trinajstić information content (AvgIpc) is 2.39. The van der Waals surface area contributed by atoms with Crippen LogP contribution in [0, 0.1) is 17.4 Å². The molecule has 2 aromatic rings. The Morgan fingerprint density at radius 2 is 2.12 bits per heavy atom. The van der Waals surface area contributed by atoms with Gasteiger partial charge in [-0.05, 0) is 41.3 Å². The quantitative estimate of drug-likeness (QED) is 0.736. The fourth-order valence-corrected chi connectivity index (χ4v) is 1.61. The number of hydrogen-bond donors (Lipinski definition) is 0. The summed E-state index contributed by atoms with van der Waals surface area (Å²) in [6.45, 7) is 2.12. The molecule has 0 atom stereocenters. The fourth-order valence-electron chi connectivity index (χ4n) is 1.61. The van der Waals surface area contributed by atoms with E-state index < -0.39 is 0 Å². The second kappa shape index (κ2) is 4.63. The maximum atomic E-state index is 8.83. The monoisotopic (exact) mass is 206 g/mol. The molecule has 0 aliphatic carbocycles. The summed E-state index contributed by atoms with van der Waals surface area (Å²) < 4.78 is 0. The average molecular weight is 206 g/mol. The highest BCUT2D eigenvalue weighted by Gasteiger charge is 1.99. The van der Waals surface area contributed by atoms with E-state index in [-0.39, 0.29) is 0 Å². The van der Waals surface area contributed by atoms with Crippen molar-refractivity contribution in [2.45, 2.75) is 13.3 Å². The summed E-state index contributed by atoms with van der Waals surface area (Å²) in [5.41, 5.74) is 4.04. The highest BCUT2D eigenvalue weighted by atomic mass is 14.2. The van der Waals surface area contributed by atoms with Gasteiger partial charge in [0.2, 0.25) is 0 Å². The standard InChI is InChI=1S/C15H12N/c1-2-12-6-8-14(9-7-12)15-5-3-4-13(10-15)11-16/h3-8,10H,2H2,1H3. The van der Waals surface area contributed by atoms with E-state index in [9.17, 15) is 0 Å². The molecule has 1 nitrogen and oxygen atoms in total. The summed E-state index contributed by atoms with van der Waals surface area (Å²) >= 11 is 0. The number of hydrogen-bond acceptors (Lipinski definition) is 1. The van der Waals surface area contributed by atoms with Gasteiger partial charge in [-0.1, -0.05) is 37.3 Å². The van der Waals surface area contributed by atoms with E-state index in [0.717, 1.165) is 17.5 Å². The molecular formula is C15H12N. The lowest BCUT2D eigenvalue weighted by Crippen LogP contribution is -1.83. The van der Waals surface area contributed by atoms with Gasteiger partial charge in [-0.25, -0.2) is 0 Å². The molecule has 0 bridgehead atoms. The fraction of sp³-hybridized carbons (Fsp3) is 0.133. The highest BCUT2D eigenvalue weighted by molar-refractivity contribution is 5.64. The third kappa shape index (κ3) is 2.12. The minimum atomic E-state index is 0.686. The molecular weight excluding hydrogens is 194 g/mol. The Morgan fingerprint density at radius 3 is 2.75 bits per heavy atom. The van der Waals surface area contributed by atoms with E-state index in [0.29, 0.717) is 5.56 Å². The first kappa shape index (κ1) is 10.4. The van der Waals surface area contributed by atoms with Crippen LogP contribution in [0.25, 0.3) is 11.1 Å². The lowest BCUT2D eigenvalue weighted by Gasteiger charge is -2.02. The van der Waals surface area contributed by atoms with Crippen LogP contribution in [0.4, 0.5) is 0 Å². The number of benzene rings is 2. The van der Waals surface area contributed by atoms with Gasteiger partial charge in [0.1, 0.15) is 0 Å². The van der Waals surface area contributed by atoms with Crippen LogP contribution in [0.15, 0.2) is 42.5 Å². The predicted octanol–water partition coefficient (Wildman–Crippen LogP) is 3.59. The molecule has 2 rings (SSSR count). The Hall–Kier alpha value is -2.07. The van der Waals surface area contributed by atoms with Crippen LogP contribution < -0.4 is 0 Å². The molecule has 0 aliphatic rings. The summed E-state index contributed by atoms with van der Waals surface area (Å²) in [5, 5.41) is 8.83. The molecule has 0 unspecified atom stereocenters. The van der Waals surface area contributed by atoms with Crippen molar-refractivity contribution in [3.63, 3.8) is 0 Å². The van der Waals surface area contributed by atoms with Crippen molar-refractivity contribution in [2.24, 2.45) is 0 Å². The lowest BCUT2D eigenvalue weighted by atomic mass is 10.0. The Morgan fingerprint density at radius 1 is 1.25 bits per heavy atom. The highest BCUT2D eigenvalue weighted by Crippen LogP contribution is 2.20. The van der Waals surface area contributed by atoms with Gasteiger partial charge in [0.15, 0.2) is 0 Å². The molecule has 1 heteroatoms. The summed E-state index contributed by atoms with van der Waals surface area (Å²) in [6, 6.07) is 19.1. The van der Waals surface area contributed by atoms with Crippen LogP contribution in [0.2, 0.25) is 0 Å².